The average molecular weight is 400 g/mol. The van der Waals surface area contributed by atoms with E-state index in [-0.39, 0.29) is 30.1 Å². The number of likely N-dealkylation sites (N-methyl/N-ethyl adjacent to an activating group) is 1. The summed E-state index contributed by atoms with van der Waals surface area (Å²) >= 11 is 0. The van der Waals surface area contributed by atoms with Crippen LogP contribution in [0.15, 0.2) is 42.5 Å². The molecule has 3 heterocycles. The lowest BCUT2D eigenvalue weighted by Gasteiger charge is -2.40. The van der Waals surface area contributed by atoms with E-state index >= 15 is 0 Å². The second kappa shape index (κ2) is 7.45. The molecule has 5 heteroatoms. The van der Waals surface area contributed by atoms with Gasteiger partial charge >= 0.3 is 0 Å². The van der Waals surface area contributed by atoms with Crippen molar-refractivity contribution in [3.8, 4) is 0 Å². The summed E-state index contributed by atoms with van der Waals surface area (Å²) < 4.78 is 53.9. The number of carbonyl (C=O) groups is 1. The fraction of sp³-hybridized carbons (Fsp3) is 0.458. The topological polar surface area (TPSA) is 28.0 Å². The third-order valence-electron chi connectivity index (χ3n) is 6.64. The Labute approximate surface area is 178 Å². The number of hydrogen-bond donors (Lipinski definition) is 1. The first kappa shape index (κ1) is 13.8. The standard InChI is InChI=1S/C24H28FN3O/c1-26-14-15-28-21-11-13-27(16-20(21)19-4-2-5-22(26)24(19)28)12-3-6-23(29)17-7-9-18(25)10-8-17/h2,4-5,7-10,20-21H,3,6,11-16H2,1H3/p+1/t20-,21-/m0/s1/i1D3,14D2. The molecule has 3 atom stereocenters. The largest absolute Gasteiger partial charge is 0.371 e. The Kier molecular flexibility index (Phi) is 3.53. The van der Waals surface area contributed by atoms with Crippen molar-refractivity contribution in [2.24, 2.45) is 0 Å². The Balaban J connectivity index is 1.29. The molecular weight excluding hydrogens is 365 g/mol. The van der Waals surface area contributed by atoms with Gasteiger partial charge in [-0.2, -0.15) is 0 Å². The van der Waals surface area contributed by atoms with Crippen molar-refractivity contribution in [1.29, 1.82) is 0 Å². The maximum atomic E-state index is 13.1. The number of Topliss-reactive ketones (excluding diaryl/α,β-unsaturated/α-hetero) is 1. The van der Waals surface area contributed by atoms with Crippen LogP contribution in [-0.4, -0.2) is 51.5 Å². The third kappa shape index (κ3) is 3.31. The molecule has 1 unspecified atom stereocenters. The molecule has 3 aliphatic heterocycles. The Morgan fingerprint density at radius 3 is 3.00 bits per heavy atom. The van der Waals surface area contributed by atoms with Gasteiger partial charge in [-0.15, -0.1) is 0 Å². The molecule has 0 bridgehead atoms. The van der Waals surface area contributed by atoms with E-state index in [0.717, 1.165) is 48.6 Å². The molecule has 2 aromatic carbocycles. The summed E-state index contributed by atoms with van der Waals surface area (Å²) in [6.07, 6.45) is 2.06. The van der Waals surface area contributed by atoms with Gasteiger partial charge in [-0.25, -0.2) is 4.39 Å². The molecule has 0 saturated carbocycles. The fourth-order valence-electron chi connectivity index (χ4n) is 5.23. The molecule has 0 aliphatic carbocycles. The first-order valence-corrected chi connectivity index (χ1v) is 10.4. The molecular formula is C24H29FN3O+. The van der Waals surface area contributed by atoms with Gasteiger partial charge in [0.15, 0.2) is 5.78 Å². The van der Waals surface area contributed by atoms with Crippen molar-refractivity contribution in [2.45, 2.75) is 31.2 Å². The maximum Gasteiger partial charge on any atom is 0.163 e. The molecule has 3 aliphatic rings. The molecule has 4 nitrogen and oxygen atoms in total. The van der Waals surface area contributed by atoms with Gasteiger partial charge in [0.1, 0.15) is 5.82 Å². The molecule has 0 spiro atoms. The van der Waals surface area contributed by atoms with Gasteiger partial charge in [-0.05, 0) is 35.9 Å². The number of nitrogens with zero attached hydrogens (tertiary/aromatic N) is 2. The van der Waals surface area contributed by atoms with Crippen LogP contribution in [0.2, 0.25) is 0 Å². The van der Waals surface area contributed by atoms with Crippen LogP contribution in [0.3, 0.4) is 0 Å². The second-order valence-corrected chi connectivity index (χ2v) is 8.29. The molecule has 0 aromatic heterocycles. The smallest absolute Gasteiger partial charge is 0.163 e. The Morgan fingerprint density at radius 2 is 2.17 bits per heavy atom. The number of benzene rings is 2. The number of nitrogens with one attached hydrogen (secondary N) is 1. The quantitative estimate of drug-likeness (QED) is 0.783. The average Bonchev–Trinajstić information content (AvgIpc) is 3.06. The lowest BCUT2D eigenvalue weighted by Crippen LogP contribution is -3.14. The number of hydrogen-bond acceptors (Lipinski definition) is 3. The van der Waals surface area contributed by atoms with Crippen LogP contribution >= 0.6 is 0 Å². The first-order valence-electron chi connectivity index (χ1n) is 12.9. The summed E-state index contributed by atoms with van der Waals surface area (Å²) in [4.78, 5) is 16.9. The Hall–Kier alpha value is -2.40. The number of halogens is 1. The maximum absolute atomic E-state index is 13.1. The van der Waals surface area contributed by atoms with Crippen LogP contribution in [0.4, 0.5) is 15.8 Å². The molecule has 0 amide bonds. The number of fused-ring (bicyclic) bond motifs is 3. The summed E-state index contributed by atoms with van der Waals surface area (Å²) in [6, 6.07) is 11.4. The SMILES string of the molecule is [2H]C([2H])([2H])N1c2cccc3c2N(CC1([2H])[2H])[C@H]1CC[NH+](CCCC(=O)c2ccc(F)cc2)C[C@@H]31. The molecule has 5 rings (SSSR count). The van der Waals surface area contributed by atoms with Crippen molar-refractivity contribution in [3.63, 3.8) is 0 Å². The predicted octanol–water partition coefficient (Wildman–Crippen LogP) is 2.50. The molecule has 29 heavy (non-hydrogen) atoms. The predicted molar refractivity (Wildman–Crippen MR) is 114 cm³/mol. The van der Waals surface area contributed by atoms with Crippen LogP contribution in [0.5, 0.6) is 0 Å². The van der Waals surface area contributed by atoms with Crippen LogP contribution < -0.4 is 14.7 Å². The monoisotopic (exact) mass is 399 g/mol. The van der Waals surface area contributed by atoms with Crippen LogP contribution in [0, 0.1) is 5.82 Å². The highest BCUT2D eigenvalue weighted by Crippen LogP contribution is 2.48. The van der Waals surface area contributed by atoms with Gasteiger partial charge in [-0.3, -0.25) is 4.79 Å². The summed E-state index contributed by atoms with van der Waals surface area (Å²) in [6.45, 7) is -1.86. The number of anilines is 2. The highest BCUT2D eigenvalue weighted by atomic mass is 19.1. The number of piperidine rings is 1. The van der Waals surface area contributed by atoms with Gasteiger partial charge in [0, 0.05) is 55.0 Å². The number of carbonyl (C=O) groups excluding carboxylic acids is 1. The minimum absolute atomic E-state index is 0.0224. The number of para-hydroxylation sites is 1. The Bertz CT molecular complexity index is 1090. The van der Waals surface area contributed by atoms with E-state index in [9.17, 15) is 9.18 Å². The third-order valence-corrected chi connectivity index (χ3v) is 6.64. The zero-order valence-electron chi connectivity index (χ0n) is 21.3. The van der Waals surface area contributed by atoms with E-state index in [1.807, 2.05) is 6.07 Å². The summed E-state index contributed by atoms with van der Waals surface area (Å²) in [7, 11) is 0. The Morgan fingerprint density at radius 1 is 1.31 bits per heavy atom. The van der Waals surface area contributed by atoms with Crippen molar-refractivity contribution >= 4 is 17.2 Å². The van der Waals surface area contributed by atoms with Gasteiger partial charge in [-0.1, -0.05) is 12.1 Å². The first-order chi connectivity index (χ1) is 16.1. The van der Waals surface area contributed by atoms with Gasteiger partial charge in [0.25, 0.3) is 0 Å². The van der Waals surface area contributed by atoms with Crippen LogP contribution in [-0.2, 0) is 0 Å². The number of ketones is 1. The minimum atomic E-state index is -2.56. The normalized spacial score (nSPS) is 29.7. The molecule has 152 valence electrons. The van der Waals surface area contributed by atoms with Gasteiger partial charge in [0.2, 0.25) is 0 Å². The molecule has 0 radical (unpaired) electrons. The summed E-state index contributed by atoms with van der Waals surface area (Å²) in [5.74, 6) is -0.120. The molecule has 1 N–H and O–H groups in total. The molecule has 1 saturated heterocycles. The highest BCUT2D eigenvalue weighted by Gasteiger charge is 2.46. The van der Waals surface area contributed by atoms with Gasteiger partial charge < -0.3 is 14.7 Å². The second-order valence-electron chi connectivity index (χ2n) is 8.29. The van der Waals surface area contributed by atoms with Gasteiger partial charge in [0.05, 0.1) is 39.7 Å². The van der Waals surface area contributed by atoms with Crippen molar-refractivity contribution in [2.75, 3.05) is 49.5 Å². The van der Waals surface area contributed by atoms with Crippen LogP contribution in [0.25, 0.3) is 0 Å². The van der Waals surface area contributed by atoms with E-state index in [4.69, 9.17) is 6.85 Å². The summed E-state index contributed by atoms with van der Waals surface area (Å²) in [5.41, 5.74) is 2.97. The highest BCUT2D eigenvalue weighted by molar-refractivity contribution is 5.95. The lowest BCUT2D eigenvalue weighted by atomic mass is 9.89. The number of quaternary nitrogens is 1. The number of rotatable bonds is 5. The minimum Gasteiger partial charge on any atom is -0.371 e. The van der Waals surface area contributed by atoms with Crippen molar-refractivity contribution < 1.29 is 20.9 Å². The van der Waals surface area contributed by atoms with E-state index < -0.39 is 13.5 Å². The van der Waals surface area contributed by atoms with E-state index in [1.54, 1.807) is 6.07 Å². The molecule has 1 fully saturated rings. The number of likely N-dealkylation sites (tertiary alicyclic amines) is 1. The fourth-order valence-corrected chi connectivity index (χ4v) is 5.23. The zero-order valence-corrected chi connectivity index (χ0v) is 16.3. The van der Waals surface area contributed by atoms with E-state index in [0.29, 0.717) is 17.7 Å². The van der Waals surface area contributed by atoms with Crippen molar-refractivity contribution in [1.82, 2.24) is 0 Å². The molecule has 2 aromatic rings. The summed E-state index contributed by atoms with van der Waals surface area (Å²) in [5, 5.41) is 0. The van der Waals surface area contributed by atoms with Crippen LogP contribution in [0.1, 0.15) is 48.0 Å². The van der Waals surface area contributed by atoms with Crippen molar-refractivity contribution in [3.05, 3.63) is 59.4 Å². The van der Waals surface area contributed by atoms with E-state index in [2.05, 4.69) is 11.0 Å². The zero-order chi connectivity index (χ0) is 24.3. The van der Waals surface area contributed by atoms with E-state index in [1.165, 1.54) is 29.2 Å². The lowest BCUT2D eigenvalue weighted by molar-refractivity contribution is -0.906.